The third-order valence-corrected chi connectivity index (χ3v) is 4.66. The number of anilines is 1. The molecule has 0 amide bonds. The summed E-state index contributed by atoms with van der Waals surface area (Å²) < 4.78 is 0. The molecule has 1 aliphatic heterocycles. The molecule has 0 radical (unpaired) electrons. The minimum absolute atomic E-state index is 0.263. The minimum Gasteiger partial charge on any atom is -0.366 e. The molecule has 2 rings (SSSR count). The Hall–Kier alpha value is -1.02. The van der Waals surface area contributed by atoms with E-state index < -0.39 is 0 Å². The van der Waals surface area contributed by atoms with E-state index in [1.165, 1.54) is 35.2 Å². The molecule has 20 heavy (non-hydrogen) atoms. The lowest BCUT2D eigenvalue weighted by molar-refractivity contribution is 0.376. The van der Waals surface area contributed by atoms with Crippen molar-refractivity contribution in [3.63, 3.8) is 0 Å². The fourth-order valence-electron chi connectivity index (χ4n) is 3.71. The minimum atomic E-state index is 0.263. The Morgan fingerprint density at radius 2 is 2.05 bits per heavy atom. The van der Waals surface area contributed by atoms with Crippen LogP contribution in [0, 0.1) is 6.92 Å². The molecule has 1 aromatic rings. The Bertz CT molecular complexity index is 477. The summed E-state index contributed by atoms with van der Waals surface area (Å²) in [6.45, 7) is 13.8. The van der Waals surface area contributed by atoms with Crippen molar-refractivity contribution in [1.82, 2.24) is 5.32 Å². The van der Waals surface area contributed by atoms with Gasteiger partial charge in [0, 0.05) is 24.3 Å². The van der Waals surface area contributed by atoms with Crippen molar-refractivity contribution in [2.75, 3.05) is 18.5 Å². The fourth-order valence-corrected chi connectivity index (χ4v) is 3.71. The van der Waals surface area contributed by atoms with Crippen LogP contribution in [0.5, 0.6) is 0 Å². The molecule has 1 atom stereocenters. The highest BCUT2D eigenvalue weighted by Crippen LogP contribution is 2.44. The Labute approximate surface area is 124 Å². The van der Waals surface area contributed by atoms with Gasteiger partial charge in [-0.2, -0.15) is 0 Å². The lowest BCUT2D eigenvalue weighted by atomic mass is 9.79. The molecule has 1 N–H and O–H groups in total. The molecule has 1 aromatic carbocycles. The average Bonchev–Trinajstić information content (AvgIpc) is 2.36. The number of nitrogens with one attached hydrogen (secondary N) is 1. The van der Waals surface area contributed by atoms with Gasteiger partial charge in [0.05, 0.1) is 0 Å². The van der Waals surface area contributed by atoms with Crippen LogP contribution in [0.3, 0.4) is 0 Å². The predicted molar refractivity (Wildman–Crippen MR) is 88.7 cm³/mol. The first-order valence-corrected chi connectivity index (χ1v) is 7.96. The molecule has 0 saturated carbocycles. The monoisotopic (exact) mass is 274 g/mol. The van der Waals surface area contributed by atoms with Gasteiger partial charge in [0.1, 0.15) is 0 Å². The van der Waals surface area contributed by atoms with Gasteiger partial charge in [0.15, 0.2) is 0 Å². The quantitative estimate of drug-likeness (QED) is 0.884. The van der Waals surface area contributed by atoms with Crippen molar-refractivity contribution in [3.8, 4) is 0 Å². The molecule has 0 bridgehead atoms. The van der Waals surface area contributed by atoms with Gasteiger partial charge in [0.25, 0.3) is 0 Å². The molecular weight excluding hydrogens is 244 g/mol. The largest absolute Gasteiger partial charge is 0.366 e. The van der Waals surface area contributed by atoms with E-state index in [0.29, 0.717) is 5.92 Å². The molecule has 0 aliphatic carbocycles. The van der Waals surface area contributed by atoms with Crippen LogP contribution >= 0.6 is 0 Å². The second-order valence-electron chi connectivity index (χ2n) is 6.94. The first-order chi connectivity index (χ1) is 9.40. The average molecular weight is 274 g/mol. The van der Waals surface area contributed by atoms with Gasteiger partial charge < -0.3 is 10.2 Å². The number of fused-ring (bicyclic) bond motifs is 1. The zero-order chi connectivity index (χ0) is 14.9. The molecule has 1 aliphatic rings. The summed E-state index contributed by atoms with van der Waals surface area (Å²) in [6, 6.07) is 4.85. The normalized spacial score (nSPS) is 20.9. The topological polar surface area (TPSA) is 15.3 Å². The van der Waals surface area contributed by atoms with Gasteiger partial charge in [-0.25, -0.2) is 0 Å². The highest BCUT2D eigenvalue weighted by Gasteiger charge is 2.36. The zero-order valence-corrected chi connectivity index (χ0v) is 14.0. The highest BCUT2D eigenvalue weighted by molar-refractivity contribution is 5.62. The van der Waals surface area contributed by atoms with Crippen LogP contribution < -0.4 is 10.2 Å². The molecule has 0 saturated heterocycles. The Morgan fingerprint density at radius 3 is 2.65 bits per heavy atom. The van der Waals surface area contributed by atoms with Crippen molar-refractivity contribution in [3.05, 3.63) is 28.8 Å². The number of nitrogens with zero attached hydrogens (tertiary/aromatic N) is 1. The molecule has 0 fully saturated rings. The summed E-state index contributed by atoms with van der Waals surface area (Å²) in [6.07, 6.45) is 2.44. The summed E-state index contributed by atoms with van der Waals surface area (Å²) in [4.78, 5) is 2.62. The lowest BCUT2D eigenvalue weighted by Crippen LogP contribution is -2.48. The number of hydrogen-bond donors (Lipinski definition) is 1. The van der Waals surface area contributed by atoms with Crippen LogP contribution in [0.1, 0.15) is 63.1 Å². The predicted octanol–water partition coefficient (Wildman–Crippen LogP) is 4.22. The first-order valence-electron chi connectivity index (χ1n) is 7.96. The number of benzene rings is 1. The van der Waals surface area contributed by atoms with Crippen molar-refractivity contribution in [2.24, 2.45) is 0 Å². The molecule has 1 heterocycles. The van der Waals surface area contributed by atoms with E-state index in [1.54, 1.807) is 0 Å². The second kappa shape index (κ2) is 5.77. The van der Waals surface area contributed by atoms with Gasteiger partial charge >= 0.3 is 0 Å². The SMILES string of the molecule is CCCN1c2cc(C)c(CNC)cc2[C@H](C)CC1(C)C. The summed E-state index contributed by atoms with van der Waals surface area (Å²) >= 11 is 0. The van der Waals surface area contributed by atoms with Crippen LogP contribution in [0.15, 0.2) is 12.1 Å². The smallest absolute Gasteiger partial charge is 0.0408 e. The Morgan fingerprint density at radius 1 is 1.35 bits per heavy atom. The molecule has 2 nitrogen and oxygen atoms in total. The molecule has 0 spiro atoms. The van der Waals surface area contributed by atoms with E-state index in [9.17, 15) is 0 Å². The standard InChI is InChI=1S/C18H30N2/c1-7-8-20-17-9-13(2)15(12-19-6)10-16(17)14(3)11-18(20,4)5/h9-10,14,19H,7-8,11-12H2,1-6H3/t14-/m1/s1. The molecule has 2 heteroatoms. The summed E-state index contributed by atoms with van der Waals surface area (Å²) in [7, 11) is 2.02. The Kier molecular flexibility index (Phi) is 4.43. The van der Waals surface area contributed by atoms with Gasteiger partial charge in [-0.1, -0.05) is 19.9 Å². The zero-order valence-electron chi connectivity index (χ0n) is 14.0. The van der Waals surface area contributed by atoms with Crippen LogP contribution in [-0.4, -0.2) is 19.1 Å². The van der Waals surface area contributed by atoms with Gasteiger partial charge in [-0.05, 0) is 69.3 Å². The van der Waals surface area contributed by atoms with Crippen LogP contribution in [-0.2, 0) is 6.54 Å². The maximum absolute atomic E-state index is 3.29. The summed E-state index contributed by atoms with van der Waals surface area (Å²) in [5.41, 5.74) is 6.11. The van der Waals surface area contributed by atoms with Gasteiger partial charge in [-0.15, -0.1) is 0 Å². The number of hydrogen-bond acceptors (Lipinski definition) is 2. The number of aryl methyl sites for hydroxylation is 1. The molecule has 0 aromatic heterocycles. The van der Waals surface area contributed by atoms with Gasteiger partial charge in [0.2, 0.25) is 0 Å². The third-order valence-electron chi connectivity index (χ3n) is 4.66. The first kappa shape index (κ1) is 15.4. The van der Waals surface area contributed by atoms with Crippen molar-refractivity contribution >= 4 is 5.69 Å². The molecular formula is C18H30N2. The van der Waals surface area contributed by atoms with E-state index in [-0.39, 0.29) is 5.54 Å². The number of rotatable bonds is 4. The van der Waals surface area contributed by atoms with Crippen LogP contribution in [0.25, 0.3) is 0 Å². The second-order valence-corrected chi connectivity index (χ2v) is 6.94. The third kappa shape index (κ3) is 2.71. The van der Waals surface area contributed by atoms with E-state index in [4.69, 9.17) is 0 Å². The molecule has 0 unspecified atom stereocenters. The highest BCUT2D eigenvalue weighted by atomic mass is 15.2. The van der Waals surface area contributed by atoms with E-state index in [1.807, 2.05) is 7.05 Å². The maximum atomic E-state index is 3.29. The van der Waals surface area contributed by atoms with Crippen molar-refractivity contribution < 1.29 is 0 Å². The Balaban J connectivity index is 2.51. The van der Waals surface area contributed by atoms with Crippen molar-refractivity contribution in [1.29, 1.82) is 0 Å². The van der Waals surface area contributed by atoms with E-state index in [2.05, 4.69) is 57.0 Å². The maximum Gasteiger partial charge on any atom is 0.0408 e. The van der Waals surface area contributed by atoms with Gasteiger partial charge in [-0.3, -0.25) is 0 Å². The fraction of sp³-hybridized carbons (Fsp3) is 0.667. The van der Waals surface area contributed by atoms with Crippen LogP contribution in [0.2, 0.25) is 0 Å². The van der Waals surface area contributed by atoms with Crippen LogP contribution in [0.4, 0.5) is 5.69 Å². The van der Waals surface area contributed by atoms with E-state index >= 15 is 0 Å². The summed E-state index contributed by atoms with van der Waals surface area (Å²) in [5.74, 6) is 0.643. The van der Waals surface area contributed by atoms with Crippen molar-refractivity contribution in [2.45, 2.75) is 65.5 Å². The van der Waals surface area contributed by atoms with E-state index in [0.717, 1.165) is 13.1 Å². The lowest BCUT2D eigenvalue weighted by Gasteiger charge is -2.48. The summed E-state index contributed by atoms with van der Waals surface area (Å²) in [5, 5.41) is 3.29. The molecule has 112 valence electrons.